The lowest BCUT2D eigenvalue weighted by Crippen LogP contribution is -2.87. The molecule has 0 aromatic rings. The third-order valence-electron chi connectivity index (χ3n) is 2.50. The van der Waals surface area contributed by atoms with Gasteiger partial charge in [-0.3, -0.25) is 4.90 Å². The second kappa shape index (κ2) is 4.72. The van der Waals surface area contributed by atoms with Gasteiger partial charge in [0.25, 0.3) is 6.43 Å². The molecule has 1 saturated heterocycles. The number of likely N-dealkylation sites (tertiary alicyclic amines) is 1. The summed E-state index contributed by atoms with van der Waals surface area (Å²) >= 11 is 0. The Morgan fingerprint density at radius 2 is 2.00 bits per heavy atom. The summed E-state index contributed by atoms with van der Waals surface area (Å²) in [5, 5.41) is 2.18. The van der Waals surface area contributed by atoms with Crippen LogP contribution in [0.25, 0.3) is 0 Å². The van der Waals surface area contributed by atoms with Gasteiger partial charge in [0.05, 0.1) is 19.6 Å². The van der Waals surface area contributed by atoms with Crippen LogP contribution in [0.15, 0.2) is 0 Å². The molecule has 1 fully saturated rings. The monoisotopic (exact) mass is 179 g/mol. The Labute approximate surface area is 71.9 Å². The fraction of sp³-hybridized carbons (Fsp3) is 1.00. The van der Waals surface area contributed by atoms with E-state index >= 15 is 0 Å². The minimum absolute atomic E-state index is 0.0452. The number of alkyl halides is 2. The Morgan fingerprint density at radius 1 is 1.42 bits per heavy atom. The van der Waals surface area contributed by atoms with Crippen LogP contribution in [-0.4, -0.2) is 44.0 Å². The summed E-state index contributed by atoms with van der Waals surface area (Å²) in [6, 6.07) is 0.652. The van der Waals surface area contributed by atoms with Crippen molar-refractivity contribution < 1.29 is 14.1 Å². The van der Waals surface area contributed by atoms with Gasteiger partial charge in [-0.25, -0.2) is 8.78 Å². The number of piperidine rings is 1. The Morgan fingerprint density at radius 3 is 2.42 bits per heavy atom. The zero-order valence-electron chi connectivity index (χ0n) is 7.47. The van der Waals surface area contributed by atoms with Crippen molar-refractivity contribution in [3.63, 3.8) is 0 Å². The Balaban J connectivity index is 2.17. The smallest absolute Gasteiger partial charge is 0.251 e. The molecule has 72 valence electrons. The average Bonchev–Trinajstić information content (AvgIpc) is 2.05. The van der Waals surface area contributed by atoms with Gasteiger partial charge in [-0.05, 0) is 0 Å². The van der Waals surface area contributed by atoms with E-state index in [1.807, 2.05) is 11.9 Å². The molecule has 0 unspecified atom stereocenters. The summed E-state index contributed by atoms with van der Waals surface area (Å²) in [6.45, 7) is 1.62. The molecule has 0 aromatic heterocycles. The highest BCUT2D eigenvalue weighted by Crippen LogP contribution is 2.08. The van der Waals surface area contributed by atoms with E-state index < -0.39 is 6.43 Å². The number of hydrogen-bond acceptors (Lipinski definition) is 1. The lowest BCUT2D eigenvalue weighted by atomic mass is 10.1. The predicted octanol–water partition coefficient (Wildman–Crippen LogP) is -0.0909. The largest absolute Gasteiger partial charge is 0.346 e. The topological polar surface area (TPSA) is 19.9 Å². The van der Waals surface area contributed by atoms with Gasteiger partial charge in [0, 0.05) is 25.9 Å². The van der Waals surface area contributed by atoms with Crippen LogP contribution < -0.4 is 5.32 Å². The highest BCUT2D eigenvalue weighted by Gasteiger charge is 2.21. The zero-order chi connectivity index (χ0) is 8.97. The third-order valence-corrected chi connectivity index (χ3v) is 2.50. The zero-order valence-corrected chi connectivity index (χ0v) is 7.47. The van der Waals surface area contributed by atoms with Gasteiger partial charge in [-0.1, -0.05) is 0 Å². The van der Waals surface area contributed by atoms with Crippen molar-refractivity contribution >= 4 is 0 Å². The van der Waals surface area contributed by atoms with Gasteiger partial charge in [0.1, 0.15) is 0 Å². The fourth-order valence-electron chi connectivity index (χ4n) is 1.66. The van der Waals surface area contributed by atoms with Gasteiger partial charge in [-0.15, -0.1) is 0 Å². The highest BCUT2D eigenvalue weighted by atomic mass is 19.3. The van der Waals surface area contributed by atoms with E-state index in [1.54, 1.807) is 0 Å². The summed E-state index contributed by atoms with van der Waals surface area (Å²) in [5.41, 5.74) is 0. The molecule has 1 rings (SSSR count). The van der Waals surface area contributed by atoms with Crippen molar-refractivity contribution in [3.8, 4) is 0 Å². The molecule has 1 heterocycles. The fourth-order valence-corrected chi connectivity index (χ4v) is 1.66. The summed E-state index contributed by atoms with van der Waals surface area (Å²) in [7, 11) is 2.05. The molecule has 0 saturated carbocycles. The van der Waals surface area contributed by atoms with Gasteiger partial charge in [0.15, 0.2) is 0 Å². The van der Waals surface area contributed by atoms with Crippen molar-refractivity contribution in [1.82, 2.24) is 4.90 Å². The van der Waals surface area contributed by atoms with Crippen molar-refractivity contribution in [3.05, 3.63) is 0 Å². The third kappa shape index (κ3) is 3.03. The van der Waals surface area contributed by atoms with E-state index in [0.717, 1.165) is 25.9 Å². The van der Waals surface area contributed by atoms with Crippen LogP contribution in [-0.2, 0) is 0 Å². The minimum Gasteiger partial charge on any atom is -0.346 e. The maximum atomic E-state index is 11.9. The van der Waals surface area contributed by atoms with Gasteiger partial charge < -0.3 is 5.32 Å². The SMILES string of the molecule is C[NH2+]C1CCN(CC(F)F)CC1. The average molecular weight is 179 g/mol. The molecule has 0 spiro atoms. The number of quaternary nitrogens is 1. The molecule has 0 bridgehead atoms. The van der Waals surface area contributed by atoms with Gasteiger partial charge >= 0.3 is 0 Å². The second-order valence-electron chi connectivity index (χ2n) is 3.36. The summed E-state index contributed by atoms with van der Waals surface area (Å²) in [4.78, 5) is 1.85. The summed E-state index contributed by atoms with van der Waals surface area (Å²) < 4.78 is 23.9. The molecular weight excluding hydrogens is 162 g/mol. The first-order valence-corrected chi connectivity index (χ1v) is 4.52. The highest BCUT2D eigenvalue weighted by molar-refractivity contribution is 4.70. The second-order valence-corrected chi connectivity index (χ2v) is 3.36. The molecule has 1 aliphatic heterocycles. The van der Waals surface area contributed by atoms with E-state index in [2.05, 4.69) is 5.32 Å². The van der Waals surface area contributed by atoms with E-state index in [4.69, 9.17) is 0 Å². The molecule has 0 atom stereocenters. The summed E-state index contributed by atoms with van der Waals surface area (Å²) in [6.07, 6.45) is -0.0842. The molecular formula is C8H17F2N2+. The molecule has 0 amide bonds. The Hall–Kier alpha value is -0.220. The van der Waals surface area contributed by atoms with Crippen LogP contribution in [0, 0.1) is 0 Å². The molecule has 1 aliphatic rings. The van der Waals surface area contributed by atoms with Crippen molar-refractivity contribution in [2.75, 3.05) is 26.7 Å². The molecule has 0 aliphatic carbocycles. The quantitative estimate of drug-likeness (QED) is 0.642. The molecule has 0 radical (unpaired) electrons. The summed E-state index contributed by atoms with van der Waals surface area (Å²) in [5.74, 6) is 0. The van der Waals surface area contributed by atoms with Crippen LogP contribution in [0.4, 0.5) is 8.78 Å². The van der Waals surface area contributed by atoms with Crippen LogP contribution >= 0.6 is 0 Å². The van der Waals surface area contributed by atoms with Crippen molar-refractivity contribution in [2.24, 2.45) is 0 Å². The number of nitrogens with two attached hydrogens (primary N) is 1. The molecule has 0 aromatic carbocycles. The van der Waals surface area contributed by atoms with Crippen LogP contribution in [0.5, 0.6) is 0 Å². The molecule has 2 N–H and O–H groups in total. The first kappa shape index (κ1) is 9.86. The first-order valence-electron chi connectivity index (χ1n) is 4.52. The van der Waals surface area contributed by atoms with Crippen LogP contribution in [0.2, 0.25) is 0 Å². The molecule has 4 heteroatoms. The van der Waals surface area contributed by atoms with E-state index in [9.17, 15) is 8.78 Å². The lowest BCUT2D eigenvalue weighted by Gasteiger charge is -2.29. The van der Waals surface area contributed by atoms with E-state index in [1.165, 1.54) is 0 Å². The van der Waals surface area contributed by atoms with E-state index in [-0.39, 0.29) is 6.54 Å². The van der Waals surface area contributed by atoms with Crippen LogP contribution in [0.1, 0.15) is 12.8 Å². The number of rotatable bonds is 3. The van der Waals surface area contributed by atoms with Gasteiger partial charge in [0.2, 0.25) is 0 Å². The van der Waals surface area contributed by atoms with Crippen molar-refractivity contribution in [2.45, 2.75) is 25.3 Å². The van der Waals surface area contributed by atoms with Crippen molar-refractivity contribution in [1.29, 1.82) is 0 Å². The predicted molar refractivity (Wildman–Crippen MR) is 43.3 cm³/mol. The maximum Gasteiger partial charge on any atom is 0.251 e. The van der Waals surface area contributed by atoms with E-state index in [0.29, 0.717) is 6.04 Å². The molecule has 2 nitrogen and oxygen atoms in total. The standard InChI is InChI=1S/C8H16F2N2/c1-11-7-2-4-12(5-3-7)6-8(9)10/h7-8,11H,2-6H2,1H3/p+1. The molecule has 12 heavy (non-hydrogen) atoms. The normalized spacial score (nSPS) is 22.0. The maximum absolute atomic E-state index is 11.9. The first-order chi connectivity index (χ1) is 5.72. The Bertz CT molecular complexity index is 122. The van der Waals surface area contributed by atoms with Gasteiger partial charge in [-0.2, -0.15) is 0 Å². The Kier molecular flexibility index (Phi) is 3.88. The number of hydrogen-bond donors (Lipinski definition) is 1. The minimum atomic E-state index is -2.17. The number of nitrogens with zero attached hydrogens (tertiary/aromatic N) is 1. The number of halogens is 2. The van der Waals surface area contributed by atoms with Crippen LogP contribution in [0.3, 0.4) is 0 Å². The lowest BCUT2D eigenvalue weighted by molar-refractivity contribution is -0.666.